The van der Waals surface area contributed by atoms with Crippen molar-refractivity contribution in [3.05, 3.63) is 0 Å². The minimum atomic E-state index is -0.0794. The highest BCUT2D eigenvalue weighted by molar-refractivity contribution is 5.84. The van der Waals surface area contributed by atoms with Gasteiger partial charge in [0.25, 0.3) is 0 Å². The Kier molecular flexibility index (Phi) is 4.39. The minimum absolute atomic E-state index is 0.0794. The van der Waals surface area contributed by atoms with E-state index in [1.807, 2.05) is 13.8 Å². The van der Waals surface area contributed by atoms with Crippen LogP contribution in [0.1, 0.15) is 26.7 Å². The summed E-state index contributed by atoms with van der Waals surface area (Å²) in [5.41, 5.74) is 5.58. The summed E-state index contributed by atoms with van der Waals surface area (Å²) in [6.45, 7) is 4.89. The summed E-state index contributed by atoms with van der Waals surface area (Å²) in [6, 6.07) is 0.479. The number of hydrogen-bond donors (Lipinski definition) is 3. The summed E-state index contributed by atoms with van der Waals surface area (Å²) in [7, 11) is 0. The van der Waals surface area contributed by atoms with Crippen LogP contribution in [0.2, 0.25) is 0 Å². The number of carbonyl (C=O) groups is 1. The summed E-state index contributed by atoms with van der Waals surface area (Å²) in [6.07, 6.45) is 2.30. The Morgan fingerprint density at radius 2 is 2.20 bits per heavy atom. The monoisotopic (exact) mass is 212 g/mol. The number of aliphatic imine (C=N–C) groups is 1. The van der Waals surface area contributed by atoms with Gasteiger partial charge in [0.05, 0.1) is 0 Å². The number of nitrogens with zero attached hydrogens (tertiary/aromatic N) is 1. The molecule has 0 spiro atoms. The lowest BCUT2D eigenvalue weighted by molar-refractivity contribution is -0.119. The minimum Gasteiger partial charge on any atom is -0.370 e. The molecule has 1 aliphatic rings. The topological polar surface area (TPSA) is 79.5 Å². The van der Waals surface area contributed by atoms with E-state index in [9.17, 15) is 4.79 Å². The zero-order valence-electron chi connectivity index (χ0n) is 9.42. The second-order valence-electron chi connectivity index (χ2n) is 4.32. The first-order chi connectivity index (χ1) is 7.08. The molecule has 1 aliphatic carbocycles. The first-order valence-corrected chi connectivity index (χ1v) is 5.41. The van der Waals surface area contributed by atoms with Crippen LogP contribution in [0.15, 0.2) is 4.99 Å². The molecule has 5 nitrogen and oxygen atoms in total. The molecule has 5 heteroatoms. The molecule has 1 rings (SSSR count). The van der Waals surface area contributed by atoms with Crippen LogP contribution in [-0.2, 0) is 4.79 Å². The van der Waals surface area contributed by atoms with Gasteiger partial charge in [-0.3, -0.25) is 4.79 Å². The zero-order chi connectivity index (χ0) is 11.3. The van der Waals surface area contributed by atoms with Crippen LogP contribution in [-0.4, -0.2) is 31.0 Å². The molecule has 0 aromatic carbocycles. The van der Waals surface area contributed by atoms with Gasteiger partial charge in [-0.25, -0.2) is 4.99 Å². The van der Waals surface area contributed by atoms with Crippen molar-refractivity contribution in [3.8, 4) is 0 Å². The van der Waals surface area contributed by atoms with E-state index in [1.165, 1.54) is 0 Å². The van der Waals surface area contributed by atoms with Crippen LogP contribution < -0.4 is 16.4 Å². The molecule has 0 atom stereocenters. The van der Waals surface area contributed by atoms with Crippen LogP contribution in [0, 0.1) is 5.92 Å². The van der Waals surface area contributed by atoms with E-state index in [0.717, 1.165) is 12.8 Å². The van der Waals surface area contributed by atoms with Crippen LogP contribution in [0.3, 0.4) is 0 Å². The van der Waals surface area contributed by atoms with E-state index in [0.29, 0.717) is 24.5 Å². The van der Waals surface area contributed by atoms with Gasteiger partial charge in [-0.05, 0) is 18.8 Å². The third kappa shape index (κ3) is 5.93. The lowest BCUT2D eigenvalue weighted by atomic mass is 10.2. The van der Waals surface area contributed by atoms with Crippen molar-refractivity contribution in [3.63, 3.8) is 0 Å². The smallest absolute Gasteiger partial charge is 0.241 e. The van der Waals surface area contributed by atoms with Gasteiger partial charge in [0.15, 0.2) is 5.96 Å². The maximum Gasteiger partial charge on any atom is 0.241 e. The van der Waals surface area contributed by atoms with Crippen molar-refractivity contribution in [1.82, 2.24) is 10.6 Å². The quantitative estimate of drug-likeness (QED) is 0.437. The van der Waals surface area contributed by atoms with Crippen molar-refractivity contribution >= 4 is 11.9 Å². The number of hydrogen-bond acceptors (Lipinski definition) is 2. The van der Waals surface area contributed by atoms with Crippen molar-refractivity contribution in [2.45, 2.75) is 32.7 Å². The third-order valence-corrected chi connectivity index (χ3v) is 2.03. The van der Waals surface area contributed by atoms with E-state index in [-0.39, 0.29) is 12.5 Å². The average molecular weight is 212 g/mol. The van der Waals surface area contributed by atoms with E-state index < -0.39 is 0 Å². The largest absolute Gasteiger partial charge is 0.370 e. The molecule has 1 amide bonds. The normalized spacial score (nSPS) is 16.6. The highest BCUT2D eigenvalue weighted by atomic mass is 16.1. The second-order valence-corrected chi connectivity index (χ2v) is 4.32. The van der Waals surface area contributed by atoms with Crippen molar-refractivity contribution in [1.29, 1.82) is 0 Å². The molecule has 0 unspecified atom stereocenters. The molecule has 0 heterocycles. The van der Waals surface area contributed by atoms with Gasteiger partial charge in [0.2, 0.25) is 5.91 Å². The van der Waals surface area contributed by atoms with E-state index in [1.54, 1.807) is 0 Å². The summed E-state index contributed by atoms with van der Waals surface area (Å²) < 4.78 is 0. The standard InChI is InChI=1S/C10H20N4O/c1-7(2)5-12-9(15)6-13-10(11)14-8-3-4-8/h7-8H,3-6H2,1-2H3,(H,12,15)(H3,11,13,14). The summed E-state index contributed by atoms with van der Waals surface area (Å²) in [5.74, 6) is 0.751. The maximum absolute atomic E-state index is 11.3. The Hall–Kier alpha value is -1.26. The lowest BCUT2D eigenvalue weighted by Gasteiger charge is -2.06. The molecule has 4 N–H and O–H groups in total. The molecule has 0 bridgehead atoms. The molecular formula is C10H20N4O. The Balaban J connectivity index is 2.13. The van der Waals surface area contributed by atoms with E-state index >= 15 is 0 Å². The molecule has 0 aliphatic heterocycles. The summed E-state index contributed by atoms with van der Waals surface area (Å²) >= 11 is 0. The summed E-state index contributed by atoms with van der Waals surface area (Å²) in [5, 5.41) is 5.80. The van der Waals surface area contributed by atoms with Gasteiger partial charge >= 0.3 is 0 Å². The predicted octanol–water partition coefficient (Wildman–Crippen LogP) is -0.175. The van der Waals surface area contributed by atoms with Gasteiger partial charge in [-0.2, -0.15) is 0 Å². The van der Waals surface area contributed by atoms with Gasteiger partial charge in [0, 0.05) is 12.6 Å². The van der Waals surface area contributed by atoms with Gasteiger partial charge in [-0.15, -0.1) is 0 Å². The number of nitrogens with two attached hydrogens (primary N) is 1. The lowest BCUT2D eigenvalue weighted by Crippen LogP contribution is -2.35. The van der Waals surface area contributed by atoms with Crippen LogP contribution in [0.4, 0.5) is 0 Å². The first-order valence-electron chi connectivity index (χ1n) is 5.41. The Morgan fingerprint density at radius 1 is 1.53 bits per heavy atom. The fourth-order valence-electron chi connectivity index (χ4n) is 1.01. The van der Waals surface area contributed by atoms with Crippen LogP contribution in [0.5, 0.6) is 0 Å². The highest BCUT2D eigenvalue weighted by Crippen LogP contribution is 2.17. The molecule has 1 fully saturated rings. The fraction of sp³-hybridized carbons (Fsp3) is 0.800. The summed E-state index contributed by atoms with van der Waals surface area (Å²) in [4.78, 5) is 15.2. The molecular weight excluding hydrogens is 192 g/mol. The molecule has 0 aromatic heterocycles. The fourth-order valence-corrected chi connectivity index (χ4v) is 1.01. The van der Waals surface area contributed by atoms with E-state index in [2.05, 4.69) is 15.6 Å². The van der Waals surface area contributed by atoms with E-state index in [4.69, 9.17) is 5.73 Å². The molecule has 0 aromatic rings. The van der Waals surface area contributed by atoms with Crippen molar-refractivity contribution in [2.24, 2.45) is 16.6 Å². The van der Waals surface area contributed by atoms with Gasteiger partial charge < -0.3 is 16.4 Å². The number of guanidine groups is 1. The Morgan fingerprint density at radius 3 is 2.73 bits per heavy atom. The Bertz CT molecular complexity index is 246. The highest BCUT2D eigenvalue weighted by Gasteiger charge is 2.21. The third-order valence-electron chi connectivity index (χ3n) is 2.03. The number of carbonyl (C=O) groups excluding carboxylic acids is 1. The average Bonchev–Trinajstić information content (AvgIpc) is 2.95. The maximum atomic E-state index is 11.3. The second kappa shape index (κ2) is 5.58. The molecule has 86 valence electrons. The zero-order valence-corrected chi connectivity index (χ0v) is 9.42. The SMILES string of the molecule is CC(C)CNC(=O)CN=C(N)NC1CC1. The van der Waals surface area contributed by atoms with Crippen LogP contribution in [0.25, 0.3) is 0 Å². The molecule has 0 radical (unpaired) electrons. The van der Waals surface area contributed by atoms with Crippen molar-refractivity contribution in [2.75, 3.05) is 13.1 Å². The number of rotatable bonds is 5. The molecule has 1 saturated carbocycles. The number of nitrogens with one attached hydrogen (secondary N) is 2. The molecule has 15 heavy (non-hydrogen) atoms. The Labute approximate surface area is 90.5 Å². The van der Waals surface area contributed by atoms with Crippen molar-refractivity contribution < 1.29 is 4.79 Å². The van der Waals surface area contributed by atoms with Crippen LogP contribution >= 0.6 is 0 Å². The number of amides is 1. The van der Waals surface area contributed by atoms with Gasteiger partial charge in [0.1, 0.15) is 6.54 Å². The van der Waals surface area contributed by atoms with Gasteiger partial charge in [-0.1, -0.05) is 13.8 Å². The first kappa shape index (κ1) is 11.8. The predicted molar refractivity (Wildman–Crippen MR) is 60.5 cm³/mol. The molecule has 0 saturated heterocycles.